The molecule has 2 aromatic rings. The summed E-state index contributed by atoms with van der Waals surface area (Å²) in [7, 11) is 0. The third-order valence-electron chi connectivity index (χ3n) is 4.63. The maximum absolute atomic E-state index is 12.4. The summed E-state index contributed by atoms with van der Waals surface area (Å²) in [5.74, 6) is 0.917. The van der Waals surface area contributed by atoms with Crippen LogP contribution in [-0.4, -0.2) is 62.7 Å². The second-order valence-electron chi connectivity index (χ2n) is 6.18. The number of aromatic nitrogens is 4. The monoisotopic (exact) mass is 327 g/mol. The fraction of sp³-hybridized carbons (Fsp3) is 0.500. The molecule has 3 heterocycles. The van der Waals surface area contributed by atoms with Crippen LogP contribution in [0.4, 0.5) is 10.6 Å². The van der Waals surface area contributed by atoms with Gasteiger partial charge in [-0.25, -0.2) is 9.78 Å². The van der Waals surface area contributed by atoms with E-state index in [2.05, 4.69) is 37.4 Å². The lowest BCUT2D eigenvalue weighted by Crippen LogP contribution is -2.53. The van der Waals surface area contributed by atoms with Gasteiger partial charge in [-0.2, -0.15) is 9.61 Å². The van der Waals surface area contributed by atoms with Crippen LogP contribution in [0.25, 0.3) is 5.65 Å². The molecule has 8 nitrogen and oxygen atoms in total. The van der Waals surface area contributed by atoms with Gasteiger partial charge in [0.05, 0.1) is 12.4 Å². The van der Waals surface area contributed by atoms with Gasteiger partial charge < -0.3 is 15.1 Å². The Balaban J connectivity index is 1.38. The fourth-order valence-corrected chi connectivity index (χ4v) is 3.28. The molecule has 1 N–H and O–H groups in total. The van der Waals surface area contributed by atoms with Crippen LogP contribution in [0.15, 0.2) is 30.9 Å². The number of carbonyl (C=O) groups excluding carboxylic acids is 1. The van der Waals surface area contributed by atoms with Crippen LogP contribution in [0.5, 0.6) is 0 Å². The number of anilines is 1. The number of carbonyl (C=O) groups is 1. The lowest BCUT2D eigenvalue weighted by molar-refractivity contribution is 0.191. The van der Waals surface area contributed by atoms with Crippen LogP contribution in [0.1, 0.15) is 19.3 Å². The Morgan fingerprint density at radius 2 is 2.08 bits per heavy atom. The molecule has 2 aliphatic rings. The van der Waals surface area contributed by atoms with Gasteiger partial charge in [0, 0.05) is 32.2 Å². The van der Waals surface area contributed by atoms with E-state index < -0.39 is 0 Å². The summed E-state index contributed by atoms with van der Waals surface area (Å²) in [6, 6.07) is 0.209. The van der Waals surface area contributed by atoms with Gasteiger partial charge in [0.25, 0.3) is 0 Å². The fourth-order valence-electron chi connectivity index (χ4n) is 3.28. The minimum absolute atomic E-state index is 0.0308. The molecule has 0 unspecified atom stereocenters. The first-order valence-electron chi connectivity index (χ1n) is 8.42. The molecule has 1 atom stereocenters. The summed E-state index contributed by atoms with van der Waals surface area (Å²) in [6.07, 6.45) is 12.6. The molecule has 0 radical (unpaired) electrons. The molecule has 4 rings (SSSR count). The Morgan fingerprint density at radius 3 is 2.88 bits per heavy atom. The van der Waals surface area contributed by atoms with Gasteiger partial charge in [-0.1, -0.05) is 12.2 Å². The van der Waals surface area contributed by atoms with Gasteiger partial charge in [-0.05, 0) is 19.3 Å². The van der Waals surface area contributed by atoms with E-state index in [-0.39, 0.29) is 12.1 Å². The van der Waals surface area contributed by atoms with Crippen LogP contribution in [0.2, 0.25) is 0 Å². The molecule has 1 saturated heterocycles. The van der Waals surface area contributed by atoms with E-state index >= 15 is 0 Å². The van der Waals surface area contributed by atoms with Crippen molar-refractivity contribution >= 4 is 17.5 Å². The number of amides is 2. The van der Waals surface area contributed by atoms with Crippen LogP contribution >= 0.6 is 0 Å². The third-order valence-corrected chi connectivity index (χ3v) is 4.63. The first kappa shape index (κ1) is 14.9. The average Bonchev–Trinajstić information content (AvgIpc) is 3.11. The minimum Gasteiger partial charge on any atom is -0.352 e. The number of piperazine rings is 1. The van der Waals surface area contributed by atoms with Gasteiger partial charge >= 0.3 is 6.03 Å². The van der Waals surface area contributed by atoms with Crippen LogP contribution in [-0.2, 0) is 0 Å². The lowest BCUT2D eigenvalue weighted by atomic mass is 10.0. The van der Waals surface area contributed by atoms with E-state index in [4.69, 9.17) is 0 Å². The number of nitrogens with zero attached hydrogens (tertiary/aromatic N) is 6. The zero-order valence-corrected chi connectivity index (χ0v) is 13.5. The lowest BCUT2D eigenvalue weighted by Gasteiger charge is -2.36. The predicted octanol–water partition coefficient (Wildman–Crippen LogP) is 1.06. The second kappa shape index (κ2) is 6.46. The highest BCUT2D eigenvalue weighted by atomic mass is 16.2. The summed E-state index contributed by atoms with van der Waals surface area (Å²) < 4.78 is 1.79. The van der Waals surface area contributed by atoms with Crippen molar-refractivity contribution in [2.45, 2.75) is 25.3 Å². The van der Waals surface area contributed by atoms with E-state index in [1.807, 2.05) is 4.90 Å². The molecular weight excluding hydrogens is 306 g/mol. The highest BCUT2D eigenvalue weighted by Gasteiger charge is 2.24. The van der Waals surface area contributed by atoms with E-state index in [0.717, 1.165) is 43.8 Å². The number of fused-ring (bicyclic) bond motifs is 1. The Kier molecular flexibility index (Phi) is 4.02. The molecule has 2 amide bonds. The molecule has 0 spiro atoms. The molecule has 0 bridgehead atoms. The van der Waals surface area contributed by atoms with E-state index in [1.54, 1.807) is 16.9 Å². The standard InChI is InChI=1S/C16H21N7O/c24-16(20-13-4-2-1-3-5-13)22-8-6-21(7-9-22)15-11-17-10-14-18-12-19-23(14)15/h2,4,10-13H,1,3,5-9H2,(H,20,24)/t13-/m1/s1. The number of nitrogens with one attached hydrogen (secondary N) is 1. The van der Waals surface area contributed by atoms with Crippen LogP contribution < -0.4 is 10.2 Å². The number of urea groups is 1. The molecule has 8 heteroatoms. The first-order valence-corrected chi connectivity index (χ1v) is 8.42. The highest BCUT2D eigenvalue weighted by molar-refractivity contribution is 5.75. The summed E-state index contributed by atoms with van der Waals surface area (Å²) in [6.45, 7) is 2.89. The Hall–Kier alpha value is -2.64. The van der Waals surface area contributed by atoms with Crippen molar-refractivity contribution < 1.29 is 4.79 Å². The highest BCUT2D eigenvalue weighted by Crippen LogP contribution is 2.16. The van der Waals surface area contributed by atoms with Crippen LogP contribution in [0.3, 0.4) is 0 Å². The Labute approximate surface area is 140 Å². The predicted molar refractivity (Wildman–Crippen MR) is 89.9 cm³/mol. The molecule has 1 aliphatic carbocycles. The zero-order valence-electron chi connectivity index (χ0n) is 13.5. The van der Waals surface area contributed by atoms with Crippen molar-refractivity contribution in [2.24, 2.45) is 0 Å². The maximum atomic E-state index is 12.4. The first-order chi connectivity index (χ1) is 11.8. The van der Waals surface area contributed by atoms with Crippen molar-refractivity contribution in [1.29, 1.82) is 0 Å². The number of hydrogen-bond donors (Lipinski definition) is 1. The van der Waals surface area contributed by atoms with E-state index in [9.17, 15) is 4.79 Å². The molecular formula is C16H21N7O. The molecule has 1 fully saturated rings. The second-order valence-corrected chi connectivity index (χ2v) is 6.18. The van der Waals surface area contributed by atoms with Gasteiger partial charge in [-0.3, -0.25) is 4.98 Å². The average molecular weight is 327 g/mol. The van der Waals surface area contributed by atoms with Gasteiger partial charge in [0.1, 0.15) is 6.33 Å². The maximum Gasteiger partial charge on any atom is 0.317 e. The van der Waals surface area contributed by atoms with Crippen molar-refractivity contribution in [1.82, 2.24) is 29.8 Å². The molecule has 24 heavy (non-hydrogen) atoms. The minimum atomic E-state index is 0.0308. The van der Waals surface area contributed by atoms with E-state index in [1.165, 1.54) is 6.33 Å². The normalized spacial score (nSPS) is 21.2. The van der Waals surface area contributed by atoms with Crippen LogP contribution in [0, 0.1) is 0 Å². The summed E-state index contributed by atoms with van der Waals surface area (Å²) in [5.41, 5.74) is 0.733. The van der Waals surface area contributed by atoms with Crippen molar-refractivity contribution in [3.05, 3.63) is 30.9 Å². The molecule has 1 aliphatic heterocycles. The zero-order chi connectivity index (χ0) is 16.4. The van der Waals surface area contributed by atoms with Gasteiger partial charge in [0.15, 0.2) is 11.5 Å². The number of allylic oxidation sites excluding steroid dienone is 1. The molecule has 2 aromatic heterocycles. The van der Waals surface area contributed by atoms with E-state index in [0.29, 0.717) is 13.1 Å². The summed E-state index contributed by atoms with van der Waals surface area (Å²) in [5, 5.41) is 7.36. The van der Waals surface area contributed by atoms with Crippen molar-refractivity contribution in [3.8, 4) is 0 Å². The summed E-state index contributed by atoms with van der Waals surface area (Å²) >= 11 is 0. The quantitative estimate of drug-likeness (QED) is 0.835. The molecule has 126 valence electrons. The largest absolute Gasteiger partial charge is 0.352 e. The van der Waals surface area contributed by atoms with Gasteiger partial charge in [-0.15, -0.1) is 0 Å². The van der Waals surface area contributed by atoms with Crippen molar-refractivity contribution in [2.75, 3.05) is 31.1 Å². The number of rotatable bonds is 2. The smallest absolute Gasteiger partial charge is 0.317 e. The topological polar surface area (TPSA) is 78.7 Å². The van der Waals surface area contributed by atoms with Gasteiger partial charge in [0.2, 0.25) is 0 Å². The Bertz CT molecular complexity index is 748. The van der Waals surface area contributed by atoms with Crippen molar-refractivity contribution in [3.63, 3.8) is 0 Å². The summed E-state index contributed by atoms with van der Waals surface area (Å²) in [4.78, 5) is 24.9. The molecule has 0 aromatic carbocycles. The molecule has 0 saturated carbocycles. The number of hydrogen-bond acceptors (Lipinski definition) is 5. The Morgan fingerprint density at radius 1 is 1.21 bits per heavy atom. The SMILES string of the molecule is O=C(N[C@@H]1C=CCCC1)N1CCN(c2cncc3ncnn23)CC1. The third kappa shape index (κ3) is 2.91.